The average molecular weight is 417 g/mol. The molecule has 1 N–H and O–H groups in total. The van der Waals surface area contributed by atoms with E-state index < -0.39 is 5.63 Å². The Labute approximate surface area is 179 Å². The minimum absolute atomic E-state index is 0.219. The number of hydrogen-bond donors (Lipinski definition) is 1. The third-order valence-corrected chi connectivity index (χ3v) is 4.92. The van der Waals surface area contributed by atoms with Gasteiger partial charge in [-0.25, -0.2) is 14.8 Å². The molecular weight excluding hydrogens is 394 g/mol. The van der Waals surface area contributed by atoms with Crippen molar-refractivity contribution < 1.29 is 14.3 Å². The van der Waals surface area contributed by atoms with Crippen LogP contribution in [0.5, 0.6) is 5.75 Å². The molecule has 2 heterocycles. The lowest BCUT2D eigenvalue weighted by Crippen LogP contribution is -2.17. The van der Waals surface area contributed by atoms with Crippen LogP contribution in [-0.2, 0) is 26.3 Å². The molecule has 4 aromatic rings. The summed E-state index contributed by atoms with van der Waals surface area (Å²) in [6.45, 7) is 1.77. The van der Waals surface area contributed by atoms with Crippen molar-refractivity contribution in [3.8, 4) is 5.75 Å². The second-order valence-corrected chi connectivity index (χ2v) is 7.43. The molecule has 0 amide bonds. The van der Waals surface area contributed by atoms with Crippen LogP contribution in [0, 0.1) is 0 Å². The number of aliphatic hydroxyl groups excluding tert-OH is 1. The highest BCUT2D eigenvalue weighted by atomic mass is 16.5. The Kier molecular flexibility index (Phi) is 6.35. The van der Waals surface area contributed by atoms with Crippen LogP contribution in [0.3, 0.4) is 0 Å². The average Bonchev–Trinajstić information content (AvgIpc) is 2.78. The second-order valence-electron chi connectivity index (χ2n) is 7.43. The highest BCUT2D eigenvalue weighted by molar-refractivity contribution is 5.81. The quantitative estimate of drug-likeness (QED) is 0.440. The van der Waals surface area contributed by atoms with Gasteiger partial charge in [0, 0.05) is 48.6 Å². The Balaban J connectivity index is 1.36. The van der Waals surface area contributed by atoms with Crippen molar-refractivity contribution in [3.05, 3.63) is 99.9 Å². The summed E-state index contributed by atoms with van der Waals surface area (Å²) in [5, 5.41) is 10.1. The molecule has 0 unspecified atom stereocenters. The largest absolute Gasteiger partial charge is 0.489 e. The second kappa shape index (κ2) is 9.51. The predicted molar refractivity (Wildman–Crippen MR) is 116 cm³/mol. The smallest absolute Gasteiger partial charge is 0.336 e. The Morgan fingerprint density at radius 2 is 1.68 bits per heavy atom. The van der Waals surface area contributed by atoms with Crippen molar-refractivity contribution in [2.45, 2.75) is 26.3 Å². The zero-order chi connectivity index (χ0) is 21.6. The highest BCUT2D eigenvalue weighted by Gasteiger charge is 2.07. The molecule has 2 aromatic heterocycles. The van der Waals surface area contributed by atoms with E-state index in [1.807, 2.05) is 24.5 Å². The summed E-state index contributed by atoms with van der Waals surface area (Å²) in [5.74, 6) is 0.597. The lowest BCUT2D eigenvalue weighted by molar-refractivity contribution is 0.282. The first kappa shape index (κ1) is 20.7. The first-order valence-electron chi connectivity index (χ1n) is 9.91. The van der Waals surface area contributed by atoms with Crippen molar-refractivity contribution in [1.29, 1.82) is 0 Å². The van der Waals surface area contributed by atoms with Gasteiger partial charge in [0.15, 0.2) is 0 Å². The van der Waals surface area contributed by atoms with E-state index in [1.54, 1.807) is 18.2 Å². The van der Waals surface area contributed by atoms with Crippen molar-refractivity contribution >= 4 is 11.0 Å². The fraction of sp³-hybridized carbons (Fsp3) is 0.208. The number of nitrogens with zero attached hydrogens (tertiary/aromatic N) is 3. The van der Waals surface area contributed by atoms with Crippen LogP contribution in [0.25, 0.3) is 11.0 Å². The highest BCUT2D eigenvalue weighted by Crippen LogP contribution is 2.23. The summed E-state index contributed by atoms with van der Waals surface area (Å²) >= 11 is 0. The molecule has 0 saturated heterocycles. The van der Waals surface area contributed by atoms with Gasteiger partial charge in [-0.2, -0.15) is 0 Å². The van der Waals surface area contributed by atoms with E-state index >= 15 is 0 Å². The molecule has 158 valence electrons. The maximum atomic E-state index is 11.6. The zero-order valence-corrected chi connectivity index (χ0v) is 17.2. The summed E-state index contributed by atoms with van der Waals surface area (Å²) in [5.41, 5.74) is 3.76. The van der Waals surface area contributed by atoms with Crippen LogP contribution in [-0.4, -0.2) is 27.0 Å². The zero-order valence-electron chi connectivity index (χ0n) is 17.2. The lowest BCUT2D eigenvalue weighted by Gasteiger charge is -2.16. The fourth-order valence-electron chi connectivity index (χ4n) is 3.43. The lowest BCUT2D eigenvalue weighted by atomic mass is 10.1. The van der Waals surface area contributed by atoms with E-state index in [4.69, 9.17) is 9.15 Å². The van der Waals surface area contributed by atoms with Crippen molar-refractivity contribution in [2.75, 3.05) is 7.05 Å². The third-order valence-electron chi connectivity index (χ3n) is 4.92. The van der Waals surface area contributed by atoms with Crippen LogP contribution in [0.2, 0.25) is 0 Å². The van der Waals surface area contributed by atoms with Crippen molar-refractivity contribution in [2.24, 2.45) is 0 Å². The standard InChI is InChI=1S/C24H23N3O4/c1-27(13-19-10-25-16-26-11-19)12-17-2-4-18(5-3-17)15-30-21-6-7-22-20(14-28)8-24(29)31-23(22)9-21/h2-11,16,28H,12-15H2,1H3. The van der Waals surface area contributed by atoms with E-state index in [-0.39, 0.29) is 6.61 Å². The summed E-state index contributed by atoms with van der Waals surface area (Å²) in [7, 11) is 2.06. The van der Waals surface area contributed by atoms with E-state index in [2.05, 4.69) is 34.0 Å². The first-order valence-corrected chi connectivity index (χ1v) is 9.91. The Hall–Kier alpha value is -3.55. The number of aliphatic hydroxyl groups is 1. The van der Waals surface area contributed by atoms with E-state index in [9.17, 15) is 9.90 Å². The Morgan fingerprint density at radius 3 is 2.42 bits per heavy atom. The number of ether oxygens (including phenoxy) is 1. The fourth-order valence-corrected chi connectivity index (χ4v) is 3.43. The molecule has 0 aliphatic heterocycles. The topological polar surface area (TPSA) is 88.7 Å². The molecule has 0 saturated carbocycles. The van der Waals surface area contributed by atoms with Gasteiger partial charge in [0.25, 0.3) is 0 Å². The SMILES string of the molecule is CN(Cc1ccc(COc2ccc3c(CO)cc(=O)oc3c2)cc1)Cc1cncnc1. The molecule has 7 heteroatoms. The van der Waals surface area contributed by atoms with Gasteiger partial charge < -0.3 is 14.3 Å². The van der Waals surface area contributed by atoms with Gasteiger partial charge in [-0.15, -0.1) is 0 Å². The molecule has 2 aromatic carbocycles. The Morgan fingerprint density at radius 1 is 0.968 bits per heavy atom. The van der Waals surface area contributed by atoms with Gasteiger partial charge in [-0.3, -0.25) is 4.90 Å². The molecule has 0 aliphatic rings. The summed E-state index contributed by atoms with van der Waals surface area (Å²) in [6.07, 6.45) is 5.18. The van der Waals surface area contributed by atoms with Crippen molar-refractivity contribution in [3.63, 3.8) is 0 Å². The maximum absolute atomic E-state index is 11.6. The molecule has 31 heavy (non-hydrogen) atoms. The molecule has 0 aliphatic carbocycles. The van der Waals surface area contributed by atoms with Gasteiger partial charge in [-0.05, 0) is 35.9 Å². The molecule has 0 radical (unpaired) electrons. The van der Waals surface area contributed by atoms with Gasteiger partial charge in [0.1, 0.15) is 24.3 Å². The maximum Gasteiger partial charge on any atom is 0.336 e. The van der Waals surface area contributed by atoms with E-state index in [0.717, 1.165) is 24.2 Å². The van der Waals surface area contributed by atoms with Crippen LogP contribution in [0.1, 0.15) is 22.3 Å². The molecule has 0 atom stereocenters. The molecular formula is C24H23N3O4. The molecule has 7 nitrogen and oxygen atoms in total. The summed E-state index contributed by atoms with van der Waals surface area (Å²) in [6, 6.07) is 14.8. The number of aromatic nitrogens is 2. The van der Waals surface area contributed by atoms with Gasteiger partial charge >= 0.3 is 5.63 Å². The van der Waals surface area contributed by atoms with Crippen LogP contribution in [0.4, 0.5) is 0 Å². The first-order chi connectivity index (χ1) is 15.1. The van der Waals surface area contributed by atoms with Gasteiger partial charge in [0.2, 0.25) is 0 Å². The number of fused-ring (bicyclic) bond motifs is 1. The van der Waals surface area contributed by atoms with Gasteiger partial charge in [0.05, 0.1) is 6.61 Å². The minimum atomic E-state index is -0.492. The van der Waals surface area contributed by atoms with Crippen LogP contribution in [0.15, 0.2) is 76.5 Å². The number of rotatable bonds is 8. The summed E-state index contributed by atoms with van der Waals surface area (Å²) < 4.78 is 11.1. The Bertz CT molecular complexity index is 1210. The predicted octanol–water partition coefficient (Wildman–Crippen LogP) is 3.29. The number of benzene rings is 2. The molecule has 0 spiro atoms. The van der Waals surface area contributed by atoms with Gasteiger partial charge in [-0.1, -0.05) is 24.3 Å². The molecule has 4 rings (SSSR count). The normalized spacial score (nSPS) is 11.2. The minimum Gasteiger partial charge on any atom is -0.489 e. The third kappa shape index (κ3) is 5.33. The van der Waals surface area contributed by atoms with Crippen molar-refractivity contribution in [1.82, 2.24) is 14.9 Å². The summed E-state index contributed by atoms with van der Waals surface area (Å²) in [4.78, 5) is 21.9. The van der Waals surface area contributed by atoms with E-state index in [0.29, 0.717) is 28.9 Å². The molecule has 0 fully saturated rings. The molecule has 0 bridgehead atoms. The number of hydrogen-bond acceptors (Lipinski definition) is 7. The van der Waals surface area contributed by atoms with Crippen LogP contribution < -0.4 is 10.4 Å². The van der Waals surface area contributed by atoms with Crippen LogP contribution >= 0.6 is 0 Å². The monoisotopic (exact) mass is 417 g/mol. The van der Waals surface area contributed by atoms with E-state index in [1.165, 1.54) is 18.0 Å².